The Morgan fingerprint density at radius 2 is 1.94 bits per heavy atom. The number of carbonyl (C=O) groups excluding carboxylic acids is 2. The molecule has 0 bridgehead atoms. The molecule has 172 valence electrons. The van der Waals surface area contributed by atoms with Crippen molar-refractivity contribution in [2.24, 2.45) is 0 Å². The zero-order valence-electron chi connectivity index (χ0n) is 18.3. The lowest BCUT2D eigenvalue weighted by Gasteiger charge is -2.34. The zero-order valence-corrected chi connectivity index (χ0v) is 18.3. The Kier molecular flexibility index (Phi) is 8.20. The van der Waals surface area contributed by atoms with Crippen LogP contribution in [0.3, 0.4) is 0 Å². The molecule has 0 unspecified atom stereocenters. The number of ether oxygens (including phenoxy) is 2. The van der Waals surface area contributed by atoms with Gasteiger partial charge < -0.3 is 25.0 Å². The van der Waals surface area contributed by atoms with E-state index < -0.39 is 6.03 Å². The smallest absolute Gasteiger partial charge is 0.409 e. The summed E-state index contributed by atoms with van der Waals surface area (Å²) in [5.41, 5.74) is 1.84. The number of halogens is 1. The fourth-order valence-electron chi connectivity index (χ4n) is 3.35. The van der Waals surface area contributed by atoms with Crippen LogP contribution in [0.25, 0.3) is 0 Å². The number of anilines is 1. The van der Waals surface area contributed by atoms with Gasteiger partial charge in [0.1, 0.15) is 5.82 Å². The first kappa shape index (κ1) is 23.3. The number of carbonyl (C=O) groups is 2. The average Bonchev–Trinajstić information content (AvgIpc) is 2.80. The molecule has 2 aromatic rings. The van der Waals surface area contributed by atoms with Gasteiger partial charge in [0.25, 0.3) is 0 Å². The summed E-state index contributed by atoms with van der Waals surface area (Å²) in [6.45, 7) is 5.43. The van der Waals surface area contributed by atoms with E-state index in [4.69, 9.17) is 9.47 Å². The Bertz CT molecular complexity index is 917. The molecular formula is C22H28FN5O4. The van der Waals surface area contributed by atoms with Crippen LogP contribution < -0.4 is 15.4 Å². The van der Waals surface area contributed by atoms with Crippen LogP contribution in [0, 0.1) is 5.82 Å². The first-order valence-electron chi connectivity index (χ1n) is 10.4. The molecule has 2 N–H and O–H groups in total. The molecule has 0 atom stereocenters. The fraction of sp³-hybridized carbons (Fsp3) is 0.409. The summed E-state index contributed by atoms with van der Waals surface area (Å²) in [5.74, 6) is 0.0597. The molecule has 9 nitrogen and oxygen atoms in total. The third-order valence-electron chi connectivity index (χ3n) is 5.06. The van der Waals surface area contributed by atoms with Crippen molar-refractivity contribution in [1.29, 1.82) is 0 Å². The average molecular weight is 445 g/mol. The maximum atomic E-state index is 14.3. The minimum Gasteiger partial charge on any atom is -0.481 e. The molecule has 10 heteroatoms. The van der Waals surface area contributed by atoms with Crippen LogP contribution in [0.5, 0.6) is 5.88 Å². The van der Waals surface area contributed by atoms with Gasteiger partial charge in [0.2, 0.25) is 5.88 Å². The molecule has 3 rings (SSSR count). The molecule has 2 heterocycles. The Morgan fingerprint density at radius 1 is 1.16 bits per heavy atom. The first-order chi connectivity index (χ1) is 15.5. The predicted octanol–water partition coefficient (Wildman–Crippen LogP) is 2.83. The van der Waals surface area contributed by atoms with Crippen LogP contribution in [0.1, 0.15) is 18.1 Å². The highest BCUT2D eigenvalue weighted by Gasteiger charge is 2.22. The van der Waals surface area contributed by atoms with Crippen LogP contribution in [0.4, 0.5) is 19.7 Å². The number of piperazine rings is 1. The van der Waals surface area contributed by atoms with E-state index in [2.05, 4.69) is 20.5 Å². The summed E-state index contributed by atoms with van der Waals surface area (Å²) in [4.78, 5) is 31.8. The Morgan fingerprint density at radius 3 is 2.59 bits per heavy atom. The molecule has 1 aliphatic heterocycles. The number of urea groups is 1. The second kappa shape index (κ2) is 11.3. The third kappa shape index (κ3) is 6.55. The number of methoxy groups -OCH3 is 1. The van der Waals surface area contributed by atoms with Crippen molar-refractivity contribution in [3.05, 3.63) is 53.5 Å². The van der Waals surface area contributed by atoms with E-state index in [1.807, 2.05) is 0 Å². The lowest BCUT2D eigenvalue weighted by molar-refractivity contribution is 0.0778. The largest absolute Gasteiger partial charge is 0.481 e. The summed E-state index contributed by atoms with van der Waals surface area (Å²) in [6.07, 6.45) is 1.19. The predicted molar refractivity (Wildman–Crippen MR) is 117 cm³/mol. The van der Waals surface area contributed by atoms with Gasteiger partial charge in [0, 0.05) is 50.9 Å². The maximum Gasteiger partial charge on any atom is 0.409 e. The van der Waals surface area contributed by atoms with Crippen molar-refractivity contribution in [3.8, 4) is 5.88 Å². The summed E-state index contributed by atoms with van der Waals surface area (Å²) in [7, 11) is 1.51. The number of benzene rings is 1. The molecule has 0 aliphatic carbocycles. The van der Waals surface area contributed by atoms with E-state index in [9.17, 15) is 14.0 Å². The van der Waals surface area contributed by atoms with E-state index in [0.29, 0.717) is 56.5 Å². The lowest BCUT2D eigenvalue weighted by atomic mass is 10.1. The SMILES string of the molecule is CCOC(=O)N1CCN(Cc2ccc(F)c(CNC(=O)Nc3ccc(OC)nc3)c2)CC1. The van der Waals surface area contributed by atoms with Crippen LogP contribution in [0.15, 0.2) is 36.5 Å². The molecule has 1 aromatic heterocycles. The molecule has 1 aromatic carbocycles. The van der Waals surface area contributed by atoms with Crippen LogP contribution in [0.2, 0.25) is 0 Å². The molecule has 0 saturated carbocycles. The molecule has 1 saturated heterocycles. The van der Waals surface area contributed by atoms with Gasteiger partial charge >= 0.3 is 12.1 Å². The fourth-order valence-corrected chi connectivity index (χ4v) is 3.35. The zero-order chi connectivity index (χ0) is 22.9. The van der Waals surface area contributed by atoms with Crippen molar-refractivity contribution in [3.63, 3.8) is 0 Å². The number of amides is 3. The lowest BCUT2D eigenvalue weighted by Crippen LogP contribution is -2.48. The van der Waals surface area contributed by atoms with Gasteiger partial charge in [0.15, 0.2) is 0 Å². The topological polar surface area (TPSA) is 96.0 Å². The summed E-state index contributed by atoms with van der Waals surface area (Å²) >= 11 is 0. The molecule has 0 radical (unpaired) electrons. The van der Waals surface area contributed by atoms with Gasteiger partial charge in [0.05, 0.1) is 25.6 Å². The van der Waals surface area contributed by atoms with Crippen molar-refractivity contribution in [2.75, 3.05) is 45.2 Å². The van der Waals surface area contributed by atoms with E-state index in [-0.39, 0.29) is 18.5 Å². The Labute approximate surface area is 186 Å². The molecule has 32 heavy (non-hydrogen) atoms. The minimum absolute atomic E-state index is 0.0473. The second-order valence-electron chi connectivity index (χ2n) is 7.28. The number of hydrogen-bond donors (Lipinski definition) is 2. The van der Waals surface area contributed by atoms with Crippen molar-refractivity contribution in [1.82, 2.24) is 20.1 Å². The van der Waals surface area contributed by atoms with E-state index in [1.165, 1.54) is 19.4 Å². The van der Waals surface area contributed by atoms with E-state index >= 15 is 0 Å². The number of aromatic nitrogens is 1. The van der Waals surface area contributed by atoms with Gasteiger partial charge in [-0.05, 0) is 30.7 Å². The molecule has 1 aliphatic rings. The highest BCUT2D eigenvalue weighted by atomic mass is 19.1. The van der Waals surface area contributed by atoms with Crippen molar-refractivity contribution >= 4 is 17.8 Å². The summed E-state index contributed by atoms with van der Waals surface area (Å²) in [5, 5.41) is 5.30. The highest BCUT2D eigenvalue weighted by molar-refractivity contribution is 5.88. The van der Waals surface area contributed by atoms with Crippen LogP contribution >= 0.6 is 0 Å². The monoisotopic (exact) mass is 445 g/mol. The van der Waals surface area contributed by atoms with Gasteiger partial charge in [-0.3, -0.25) is 4.90 Å². The van der Waals surface area contributed by atoms with Gasteiger partial charge in [-0.1, -0.05) is 6.07 Å². The summed E-state index contributed by atoms with van der Waals surface area (Å²) < 4.78 is 24.3. The van der Waals surface area contributed by atoms with Crippen LogP contribution in [-0.4, -0.2) is 66.8 Å². The van der Waals surface area contributed by atoms with Gasteiger partial charge in [-0.2, -0.15) is 0 Å². The first-order valence-corrected chi connectivity index (χ1v) is 10.4. The Balaban J connectivity index is 1.49. The standard InChI is InChI=1S/C22H28FN5O4/c1-3-32-22(30)28-10-8-27(9-11-28)15-16-4-6-19(23)17(12-16)13-25-21(29)26-18-5-7-20(31-2)24-14-18/h4-7,12,14H,3,8-11,13,15H2,1-2H3,(H2,25,26,29). The number of nitrogens with one attached hydrogen (secondary N) is 2. The number of hydrogen-bond acceptors (Lipinski definition) is 6. The van der Waals surface area contributed by atoms with Crippen molar-refractivity contribution in [2.45, 2.75) is 20.0 Å². The quantitative estimate of drug-likeness (QED) is 0.681. The molecule has 3 amide bonds. The van der Waals surface area contributed by atoms with Crippen molar-refractivity contribution < 1.29 is 23.5 Å². The van der Waals surface area contributed by atoms with Crippen LogP contribution in [-0.2, 0) is 17.8 Å². The Hall–Kier alpha value is -3.40. The second-order valence-corrected chi connectivity index (χ2v) is 7.28. The number of rotatable bonds is 7. The maximum absolute atomic E-state index is 14.3. The van der Waals surface area contributed by atoms with E-state index in [1.54, 1.807) is 36.1 Å². The minimum atomic E-state index is -0.461. The number of pyridine rings is 1. The molecule has 1 fully saturated rings. The van der Waals surface area contributed by atoms with E-state index in [0.717, 1.165) is 5.56 Å². The molecular weight excluding hydrogens is 417 g/mol. The summed E-state index contributed by atoms with van der Waals surface area (Å²) in [6, 6.07) is 7.73. The third-order valence-corrected chi connectivity index (χ3v) is 5.06. The highest BCUT2D eigenvalue weighted by Crippen LogP contribution is 2.15. The normalized spacial score (nSPS) is 14.0. The number of nitrogens with zero attached hydrogens (tertiary/aromatic N) is 3. The van der Waals surface area contributed by atoms with Gasteiger partial charge in [-0.25, -0.2) is 19.0 Å². The van der Waals surface area contributed by atoms with Gasteiger partial charge in [-0.15, -0.1) is 0 Å². The molecule has 0 spiro atoms.